The van der Waals surface area contributed by atoms with Crippen LogP contribution in [0.3, 0.4) is 0 Å². The summed E-state index contributed by atoms with van der Waals surface area (Å²) >= 11 is 0. The number of amides is 1. The second kappa shape index (κ2) is 7.28. The van der Waals surface area contributed by atoms with Gasteiger partial charge in [0.1, 0.15) is 0 Å². The monoisotopic (exact) mass is 365 g/mol. The fourth-order valence-corrected chi connectivity index (χ4v) is 2.68. The number of carbonyl (C=O) groups is 1. The number of nitrogens with one attached hydrogen (secondary N) is 1. The smallest absolute Gasteiger partial charge is 0.338 e. The number of halogens is 3. The topological polar surface area (TPSA) is 61.4 Å². The second-order valence-corrected chi connectivity index (χ2v) is 6.06. The minimum atomic E-state index is -4.60. The number of anilines is 2. The highest BCUT2D eigenvalue weighted by Crippen LogP contribution is 2.32. The van der Waals surface area contributed by atoms with Crippen LogP contribution >= 0.6 is 0 Å². The van der Waals surface area contributed by atoms with Gasteiger partial charge in [-0.05, 0) is 19.2 Å². The van der Waals surface area contributed by atoms with Gasteiger partial charge in [0.15, 0.2) is 0 Å². The van der Waals surface area contributed by atoms with Crippen molar-refractivity contribution in [3.63, 3.8) is 0 Å². The van der Waals surface area contributed by atoms with Crippen molar-refractivity contribution in [2.75, 3.05) is 43.4 Å². The van der Waals surface area contributed by atoms with Gasteiger partial charge in [-0.1, -0.05) is 12.1 Å². The zero-order valence-electron chi connectivity index (χ0n) is 14.1. The van der Waals surface area contributed by atoms with Crippen LogP contribution in [0, 0.1) is 0 Å². The molecule has 138 valence electrons. The predicted molar refractivity (Wildman–Crippen MR) is 91.1 cm³/mol. The van der Waals surface area contributed by atoms with Crippen LogP contribution in [0.5, 0.6) is 0 Å². The molecule has 3 rings (SSSR count). The molecule has 1 N–H and O–H groups in total. The third-order valence-corrected chi connectivity index (χ3v) is 4.16. The lowest BCUT2D eigenvalue weighted by Gasteiger charge is -2.32. The van der Waals surface area contributed by atoms with Gasteiger partial charge >= 0.3 is 6.18 Å². The molecule has 1 aliphatic heterocycles. The predicted octanol–water partition coefficient (Wildman–Crippen LogP) is 2.50. The summed E-state index contributed by atoms with van der Waals surface area (Å²) in [6, 6.07) is 4.64. The molecule has 6 nitrogen and oxygen atoms in total. The van der Waals surface area contributed by atoms with Gasteiger partial charge in [-0.15, -0.1) is 0 Å². The van der Waals surface area contributed by atoms with Crippen LogP contribution < -0.4 is 10.2 Å². The van der Waals surface area contributed by atoms with Gasteiger partial charge in [-0.25, -0.2) is 9.97 Å². The number of alkyl halides is 3. The fourth-order valence-electron chi connectivity index (χ4n) is 2.68. The average Bonchev–Trinajstić information content (AvgIpc) is 2.62. The standard InChI is InChI=1S/C17H18F3N5O/c1-24-6-8-25(9-7-24)16-21-10-12(11-22-16)23-15(26)13-4-2-3-5-14(13)17(18,19)20/h2-5,10-11H,6-9H2,1H3,(H,23,26). The van der Waals surface area contributed by atoms with Gasteiger partial charge in [-0.2, -0.15) is 13.2 Å². The summed E-state index contributed by atoms with van der Waals surface area (Å²) in [5.74, 6) is -0.319. The summed E-state index contributed by atoms with van der Waals surface area (Å²) in [5, 5.41) is 2.42. The molecule has 0 bridgehead atoms. The van der Waals surface area contributed by atoms with E-state index in [1.807, 2.05) is 11.9 Å². The van der Waals surface area contributed by atoms with Crippen LogP contribution in [0.2, 0.25) is 0 Å². The van der Waals surface area contributed by atoms with Crippen LogP contribution in [0.25, 0.3) is 0 Å². The number of likely N-dealkylation sites (N-methyl/N-ethyl adjacent to an activating group) is 1. The van der Waals surface area contributed by atoms with Crippen molar-refractivity contribution in [1.82, 2.24) is 14.9 Å². The minimum absolute atomic E-state index is 0.241. The van der Waals surface area contributed by atoms with Crippen molar-refractivity contribution in [1.29, 1.82) is 0 Å². The molecule has 0 radical (unpaired) electrons. The zero-order valence-corrected chi connectivity index (χ0v) is 14.1. The molecule has 0 unspecified atom stereocenters. The molecule has 2 heterocycles. The Bertz CT molecular complexity index is 771. The van der Waals surface area contributed by atoms with E-state index in [2.05, 4.69) is 20.2 Å². The summed E-state index contributed by atoms with van der Waals surface area (Å²) < 4.78 is 39.1. The van der Waals surface area contributed by atoms with E-state index in [4.69, 9.17) is 0 Å². The summed E-state index contributed by atoms with van der Waals surface area (Å²) in [5.41, 5.74) is -1.18. The molecule has 1 aromatic carbocycles. The summed E-state index contributed by atoms with van der Waals surface area (Å²) in [6.45, 7) is 3.38. The molecule has 26 heavy (non-hydrogen) atoms. The van der Waals surface area contributed by atoms with Crippen molar-refractivity contribution in [2.45, 2.75) is 6.18 Å². The number of rotatable bonds is 3. The minimum Gasteiger partial charge on any atom is -0.338 e. The van der Waals surface area contributed by atoms with E-state index in [9.17, 15) is 18.0 Å². The van der Waals surface area contributed by atoms with E-state index >= 15 is 0 Å². The molecule has 2 aromatic rings. The first-order chi connectivity index (χ1) is 12.3. The lowest BCUT2D eigenvalue weighted by atomic mass is 10.1. The van der Waals surface area contributed by atoms with Crippen LogP contribution in [0.4, 0.5) is 24.8 Å². The molecule has 1 aromatic heterocycles. The molecule has 1 aliphatic rings. The summed E-state index contributed by atoms with van der Waals surface area (Å²) in [6.07, 6.45) is -1.81. The molecule has 0 atom stereocenters. The number of piperazine rings is 1. The van der Waals surface area contributed by atoms with Crippen molar-refractivity contribution >= 4 is 17.5 Å². The third kappa shape index (κ3) is 4.10. The lowest BCUT2D eigenvalue weighted by molar-refractivity contribution is -0.137. The second-order valence-electron chi connectivity index (χ2n) is 6.06. The van der Waals surface area contributed by atoms with Gasteiger partial charge in [0, 0.05) is 26.2 Å². The van der Waals surface area contributed by atoms with Crippen LogP contribution in [-0.4, -0.2) is 54.0 Å². The number of aromatic nitrogens is 2. The van der Waals surface area contributed by atoms with E-state index in [1.54, 1.807) is 0 Å². The molecule has 9 heteroatoms. The van der Waals surface area contributed by atoms with Gasteiger partial charge < -0.3 is 15.1 Å². The van der Waals surface area contributed by atoms with Gasteiger partial charge in [-0.3, -0.25) is 4.79 Å². The Balaban J connectivity index is 1.71. The molecular weight excluding hydrogens is 347 g/mol. The van der Waals surface area contributed by atoms with Crippen LogP contribution in [-0.2, 0) is 6.18 Å². The van der Waals surface area contributed by atoms with Gasteiger partial charge in [0.2, 0.25) is 5.95 Å². The maximum atomic E-state index is 13.0. The Kier molecular flexibility index (Phi) is 5.08. The SMILES string of the molecule is CN1CCN(c2ncc(NC(=O)c3ccccc3C(F)(F)F)cn2)CC1. The number of hydrogen-bond acceptors (Lipinski definition) is 5. The highest BCUT2D eigenvalue weighted by molar-refractivity contribution is 6.05. The third-order valence-electron chi connectivity index (χ3n) is 4.16. The van der Waals surface area contributed by atoms with Crippen molar-refractivity contribution in [3.05, 3.63) is 47.8 Å². The lowest BCUT2D eigenvalue weighted by Crippen LogP contribution is -2.45. The summed E-state index contributed by atoms with van der Waals surface area (Å²) in [4.78, 5) is 24.8. The van der Waals surface area contributed by atoms with Crippen molar-refractivity contribution < 1.29 is 18.0 Å². The van der Waals surface area contributed by atoms with E-state index in [0.717, 1.165) is 38.3 Å². The first-order valence-corrected chi connectivity index (χ1v) is 8.08. The fraction of sp³-hybridized carbons (Fsp3) is 0.353. The number of nitrogens with zero attached hydrogens (tertiary/aromatic N) is 4. The Labute approximate surface area is 148 Å². The van der Waals surface area contributed by atoms with E-state index in [1.165, 1.54) is 24.5 Å². The molecule has 0 spiro atoms. The van der Waals surface area contributed by atoms with Crippen molar-refractivity contribution in [2.24, 2.45) is 0 Å². The molecule has 0 aliphatic carbocycles. The molecule has 0 saturated carbocycles. The highest BCUT2D eigenvalue weighted by Gasteiger charge is 2.34. The number of benzene rings is 1. The highest BCUT2D eigenvalue weighted by atomic mass is 19.4. The van der Waals surface area contributed by atoms with Crippen LogP contribution in [0.1, 0.15) is 15.9 Å². The Hall–Kier alpha value is -2.68. The Morgan fingerprint density at radius 1 is 1.08 bits per heavy atom. The Morgan fingerprint density at radius 3 is 2.31 bits per heavy atom. The van der Waals surface area contributed by atoms with Gasteiger partial charge in [0.25, 0.3) is 5.91 Å². The Morgan fingerprint density at radius 2 is 1.69 bits per heavy atom. The van der Waals surface area contributed by atoms with E-state index in [-0.39, 0.29) is 5.69 Å². The van der Waals surface area contributed by atoms with E-state index < -0.39 is 23.2 Å². The molecule has 1 amide bonds. The normalized spacial score (nSPS) is 15.8. The first kappa shape index (κ1) is 18.1. The first-order valence-electron chi connectivity index (χ1n) is 8.08. The van der Waals surface area contributed by atoms with Gasteiger partial charge in [0.05, 0.1) is 29.2 Å². The summed E-state index contributed by atoms with van der Waals surface area (Å²) in [7, 11) is 2.04. The maximum Gasteiger partial charge on any atom is 0.417 e. The molecular formula is C17H18F3N5O. The number of carbonyl (C=O) groups excluding carboxylic acids is 1. The zero-order chi connectivity index (χ0) is 18.7. The maximum absolute atomic E-state index is 13.0. The van der Waals surface area contributed by atoms with Crippen molar-refractivity contribution in [3.8, 4) is 0 Å². The quantitative estimate of drug-likeness (QED) is 0.906. The number of hydrogen-bond donors (Lipinski definition) is 1. The molecule has 1 saturated heterocycles. The van der Waals surface area contributed by atoms with E-state index in [0.29, 0.717) is 5.95 Å². The average molecular weight is 365 g/mol. The largest absolute Gasteiger partial charge is 0.417 e. The van der Waals surface area contributed by atoms with Crippen LogP contribution in [0.15, 0.2) is 36.7 Å². The molecule has 1 fully saturated rings.